The van der Waals surface area contributed by atoms with Crippen molar-refractivity contribution in [1.29, 1.82) is 0 Å². The maximum Gasteiger partial charge on any atom is 0.231 e. The SMILES string of the molecule is CC(=O)CNCc1cc2c(cc1C)OCO2. The fourth-order valence-corrected chi connectivity index (χ4v) is 1.65. The summed E-state index contributed by atoms with van der Waals surface area (Å²) in [6.45, 7) is 4.95. The van der Waals surface area contributed by atoms with Crippen LogP contribution in [0.5, 0.6) is 11.5 Å². The van der Waals surface area contributed by atoms with Gasteiger partial charge < -0.3 is 14.8 Å². The van der Waals surface area contributed by atoms with E-state index in [1.165, 1.54) is 0 Å². The highest BCUT2D eigenvalue weighted by molar-refractivity contribution is 5.77. The zero-order valence-corrected chi connectivity index (χ0v) is 9.50. The molecule has 1 heterocycles. The van der Waals surface area contributed by atoms with Gasteiger partial charge in [-0.25, -0.2) is 0 Å². The molecule has 16 heavy (non-hydrogen) atoms. The molecular formula is C12H15NO3. The summed E-state index contributed by atoms with van der Waals surface area (Å²) in [5, 5.41) is 3.09. The van der Waals surface area contributed by atoms with Crippen molar-refractivity contribution in [3.63, 3.8) is 0 Å². The fourth-order valence-electron chi connectivity index (χ4n) is 1.65. The lowest BCUT2D eigenvalue weighted by Crippen LogP contribution is -2.20. The average molecular weight is 221 g/mol. The van der Waals surface area contributed by atoms with Crippen molar-refractivity contribution in [2.45, 2.75) is 20.4 Å². The normalized spacial score (nSPS) is 12.9. The molecule has 0 saturated carbocycles. The molecule has 0 aliphatic carbocycles. The molecule has 1 N–H and O–H groups in total. The first-order valence-electron chi connectivity index (χ1n) is 5.26. The van der Waals surface area contributed by atoms with Crippen molar-refractivity contribution < 1.29 is 14.3 Å². The van der Waals surface area contributed by atoms with Crippen LogP contribution in [-0.2, 0) is 11.3 Å². The van der Waals surface area contributed by atoms with Crippen LogP contribution in [0.4, 0.5) is 0 Å². The van der Waals surface area contributed by atoms with Crippen LogP contribution >= 0.6 is 0 Å². The molecule has 0 aromatic heterocycles. The summed E-state index contributed by atoms with van der Waals surface area (Å²) < 4.78 is 10.6. The third-order valence-corrected chi connectivity index (χ3v) is 2.52. The molecule has 1 aromatic rings. The standard InChI is InChI=1S/C12H15NO3/c1-8-3-11-12(16-7-15-11)4-10(8)6-13-5-9(2)14/h3-4,13H,5-7H2,1-2H3. The predicted octanol–water partition coefficient (Wildman–Crippen LogP) is 1.40. The van der Waals surface area contributed by atoms with Crippen LogP contribution in [0, 0.1) is 6.92 Å². The Morgan fingerprint density at radius 3 is 2.75 bits per heavy atom. The summed E-state index contributed by atoms with van der Waals surface area (Å²) in [5.41, 5.74) is 2.27. The number of nitrogens with one attached hydrogen (secondary N) is 1. The molecule has 4 nitrogen and oxygen atoms in total. The van der Waals surface area contributed by atoms with Gasteiger partial charge in [-0.2, -0.15) is 0 Å². The fraction of sp³-hybridized carbons (Fsp3) is 0.417. The molecule has 1 aromatic carbocycles. The number of carbonyl (C=O) groups excluding carboxylic acids is 1. The van der Waals surface area contributed by atoms with Crippen molar-refractivity contribution in [3.8, 4) is 11.5 Å². The van der Waals surface area contributed by atoms with Crippen LogP contribution in [0.15, 0.2) is 12.1 Å². The third-order valence-electron chi connectivity index (χ3n) is 2.52. The number of hydrogen-bond acceptors (Lipinski definition) is 4. The molecule has 0 amide bonds. The maximum atomic E-state index is 10.8. The lowest BCUT2D eigenvalue weighted by molar-refractivity contribution is -0.116. The van der Waals surface area contributed by atoms with Crippen molar-refractivity contribution >= 4 is 5.78 Å². The monoisotopic (exact) mass is 221 g/mol. The van der Waals surface area contributed by atoms with Gasteiger partial charge in [-0.1, -0.05) is 0 Å². The Morgan fingerprint density at radius 2 is 2.06 bits per heavy atom. The molecule has 0 fully saturated rings. The molecule has 0 radical (unpaired) electrons. The summed E-state index contributed by atoms with van der Waals surface area (Å²) in [5.74, 6) is 1.72. The van der Waals surface area contributed by atoms with E-state index in [9.17, 15) is 4.79 Å². The Morgan fingerprint density at radius 1 is 1.38 bits per heavy atom. The largest absolute Gasteiger partial charge is 0.454 e. The van der Waals surface area contributed by atoms with Gasteiger partial charge in [0, 0.05) is 6.54 Å². The smallest absolute Gasteiger partial charge is 0.231 e. The molecule has 86 valence electrons. The van der Waals surface area contributed by atoms with Crippen LogP contribution in [0.1, 0.15) is 18.1 Å². The molecule has 0 atom stereocenters. The summed E-state index contributed by atoms with van der Waals surface area (Å²) in [7, 11) is 0. The summed E-state index contributed by atoms with van der Waals surface area (Å²) in [6, 6.07) is 3.93. The Hall–Kier alpha value is -1.55. The summed E-state index contributed by atoms with van der Waals surface area (Å²) in [6.07, 6.45) is 0. The number of ether oxygens (including phenoxy) is 2. The minimum absolute atomic E-state index is 0.137. The molecular weight excluding hydrogens is 206 g/mol. The van der Waals surface area contributed by atoms with Crippen LogP contribution < -0.4 is 14.8 Å². The van der Waals surface area contributed by atoms with Gasteiger partial charge in [-0.3, -0.25) is 4.79 Å². The summed E-state index contributed by atoms with van der Waals surface area (Å²) >= 11 is 0. The van der Waals surface area contributed by atoms with E-state index in [4.69, 9.17) is 9.47 Å². The van der Waals surface area contributed by atoms with Gasteiger partial charge in [0.05, 0.1) is 6.54 Å². The highest BCUT2D eigenvalue weighted by Gasteiger charge is 2.15. The lowest BCUT2D eigenvalue weighted by Gasteiger charge is -2.08. The molecule has 0 unspecified atom stereocenters. The number of rotatable bonds is 4. The Balaban J connectivity index is 2.06. The zero-order valence-electron chi connectivity index (χ0n) is 9.50. The van der Waals surface area contributed by atoms with Crippen molar-refractivity contribution in [1.82, 2.24) is 5.32 Å². The van der Waals surface area contributed by atoms with E-state index in [1.54, 1.807) is 6.92 Å². The number of aryl methyl sites for hydroxylation is 1. The molecule has 0 saturated heterocycles. The van der Waals surface area contributed by atoms with Gasteiger partial charge in [0.2, 0.25) is 6.79 Å². The maximum absolute atomic E-state index is 10.8. The minimum Gasteiger partial charge on any atom is -0.454 e. The molecule has 2 rings (SSSR count). The van der Waals surface area contributed by atoms with E-state index in [0.717, 1.165) is 22.6 Å². The molecule has 4 heteroatoms. The van der Waals surface area contributed by atoms with Gasteiger partial charge in [0.15, 0.2) is 11.5 Å². The number of benzene rings is 1. The number of ketones is 1. The molecule has 0 spiro atoms. The van der Waals surface area contributed by atoms with Crippen molar-refractivity contribution in [3.05, 3.63) is 23.3 Å². The van der Waals surface area contributed by atoms with Crippen LogP contribution in [0.25, 0.3) is 0 Å². The predicted molar refractivity (Wildman–Crippen MR) is 59.7 cm³/mol. The van der Waals surface area contributed by atoms with Crippen molar-refractivity contribution in [2.75, 3.05) is 13.3 Å². The van der Waals surface area contributed by atoms with Crippen LogP contribution in [-0.4, -0.2) is 19.1 Å². The summed E-state index contributed by atoms with van der Waals surface area (Å²) in [4.78, 5) is 10.8. The van der Waals surface area contributed by atoms with E-state index in [2.05, 4.69) is 5.32 Å². The number of fused-ring (bicyclic) bond motifs is 1. The molecule has 1 aliphatic heterocycles. The highest BCUT2D eigenvalue weighted by Crippen LogP contribution is 2.34. The minimum atomic E-state index is 0.137. The van der Waals surface area contributed by atoms with Gasteiger partial charge in [0.25, 0.3) is 0 Å². The van der Waals surface area contributed by atoms with Gasteiger partial charge in [0.1, 0.15) is 5.78 Å². The number of Topliss-reactive ketones (excluding diaryl/α,β-unsaturated/α-hetero) is 1. The quantitative estimate of drug-likeness (QED) is 0.835. The average Bonchev–Trinajstić information content (AvgIpc) is 2.64. The molecule has 1 aliphatic rings. The van der Waals surface area contributed by atoms with Crippen LogP contribution in [0.2, 0.25) is 0 Å². The Labute approximate surface area is 94.6 Å². The second kappa shape index (κ2) is 4.53. The highest BCUT2D eigenvalue weighted by atomic mass is 16.7. The van der Waals surface area contributed by atoms with E-state index in [0.29, 0.717) is 19.9 Å². The van der Waals surface area contributed by atoms with Gasteiger partial charge in [-0.05, 0) is 37.1 Å². The second-order valence-electron chi connectivity index (χ2n) is 3.94. The van der Waals surface area contributed by atoms with Gasteiger partial charge >= 0.3 is 0 Å². The second-order valence-corrected chi connectivity index (χ2v) is 3.94. The lowest BCUT2D eigenvalue weighted by atomic mass is 10.1. The van der Waals surface area contributed by atoms with E-state index < -0.39 is 0 Å². The van der Waals surface area contributed by atoms with E-state index in [-0.39, 0.29) is 5.78 Å². The first kappa shape index (κ1) is 11.0. The van der Waals surface area contributed by atoms with Crippen molar-refractivity contribution in [2.24, 2.45) is 0 Å². The molecule has 0 bridgehead atoms. The number of carbonyl (C=O) groups is 1. The number of hydrogen-bond donors (Lipinski definition) is 1. The first-order chi connectivity index (χ1) is 7.66. The Kier molecular flexibility index (Phi) is 3.10. The topological polar surface area (TPSA) is 47.6 Å². The third kappa shape index (κ3) is 2.33. The first-order valence-corrected chi connectivity index (χ1v) is 5.26. The van der Waals surface area contributed by atoms with E-state index >= 15 is 0 Å². The zero-order chi connectivity index (χ0) is 11.5. The van der Waals surface area contributed by atoms with Crippen LogP contribution in [0.3, 0.4) is 0 Å². The Bertz CT molecular complexity index is 415. The van der Waals surface area contributed by atoms with E-state index in [1.807, 2.05) is 19.1 Å². The van der Waals surface area contributed by atoms with Gasteiger partial charge in [-0.15, -0.1) is 0 Å².